The Hall–Kier alpha value is -3.30. The van der Waals surface area contributed by atoms with Crippen LogP contribution in [0.3, 0.4) is 0 Å². The topological polar surface area (TPSA) is 107 Å². The molecule has 1 aliphatic heterocycles. The molecule has 1 saturated carbocycles. The number of aromatic nitrogens is 5. The third kappa shape index (κ3) is 3.35. The molecule has 0 amide bonds. The summed E-state index contributed by atoms with van der Waals surface area (Å²) in [5.41, 5.74) is 3.79. The molecule has 0 atom stereocenters. The number of aliphatic hydroxyl groups is 1. The SMILES string of the molecule is CC1(O)CC(Nc2nc(OC3COC3)c3c(-c4ccc5nccnc5c4)ccn3n2)C1. The fraction of sp³-hybridized carbons (Fsp3) is 0.364. The van der Waals surface area contributed by atoms with Gasteiger partial charge >= 0.3 is 0 Å². The molecule has 6 rings (SSSR count). The Labute approximate surface area is 178 Å². The number of benzene rings is 1. The highest BCUT2D eigenvalue weighted by Gasteiger charge is 2.39. The van der Waals surface area contributed by atoms with Gasteiger partial charge in [0.05, 0.1) is 29.8 Å². The molecule has 1 aliphatic carbocycles. The van der Waals surface area contributed by atoms with Crippen molar-refractivity contribution in [2.75, 3.05) is 18.5 Å². The van der Waals surface area contributed by atoms with E-state index in [2.05, 4.69) is 25.4 Å². The molecule has 0 radical (unpaired) electrons. The zero-order valence-corrected chi connectivity index (χ0v) is 17.0. The molecule has 31 heavy (non-hydrogen) atoms. The van der Waals surface area contributed by atoms with E-state index in [0.29, 0.717) is 37.9 Å². The number of fused-ring (bicyclic) bond motifs is 2. The Morgan fingerprint density at radius 1 is 1.16 bits per heavy atom. The minimum atomic E-state index is -0.621. The quantitative estimate of drug-likeness (QED) is 0.509. The van der Waals surface area contributed by atoms with E-state index >= 15 is 0 Å². The fourth-order valence-electron chi connectivity index (χ4n) is 4.23. The first kappa shape index (κ1) is 18.5. The van der Waals surface area contributed by atoms with E-state index < -0.39 is 5.60 Å². The van der Waals surface area contributed by atoms with Gasteiger partial charge in [0.1, 0.15) is 11.6 Å². The van der Waals surface area contributed by atoms with Crippen LogP contribution in [0.4, 0.5) is 5.95 Å². The molecule has 9 nitrogen and oxygen atoms in total. The van der Waals surface area contributed by atoms with Crippen molar-refractivity contribution in [3.8, 4) is 17.0 Å². The second-order valence-electron chi connectivity index (χ2n) is 8.55. The molecule has 1 aromatic carbocycles. The standard InChI is InChI=1S/C22H22N6O3/c1-22(29)9-14(10-22)25-21-26-20(31-15-11-30-12-15)19-16(4-7-28(19)27-21)13-2-3-17-18(8-13)24-6-5-23-17/h2-8,14-15,29H,9-12H2,1H3,(H,25,27). The smallest absolute Gasteiger partial charge is 0.244 e. The van der Waals surface area contributed by atoms with Crippen molar-refractivity contribution >= 4 is 22.5 Å². The van der Waals surface area contributed by atoms with Crippen LogP contribution in [0.25, 0.3) is 27.7 Å². The molecule has 2 aliphatic rings. The first-order valence-corrected chi connectivity index (χ1v) is 10.4. The maximum atomic E-state index is 10.0. The Kier molecular flexibility index (Phi) is 4.09. The number of ether oxygens (including phenoxy) is 2. The summed E-state index contributed by atoms with van der Waals surface area (Å²) in [4.78, 5) is 13.5. The number of hydrogen-bond donors (Lipinski definition) is 2. The van der Waals surface area contributed by atoms with Gasteiger partial charge in [-0.15, -0.1) is 5.10 Å². The second-order valence-corrected chi connectivity index (χ2v) is 8.55. The van der Waals surface area contributed by atoms with Gasteiger partial charge in [-0.05, 0) is 43.5 Å². The predicted octanol–water partition coefficient (Wildman–Crippen LogP) is 2.44. The first-order valence-electron chi connectivity index (χ1n) is 10.4. The Bertz CT molecular complexity index is 1270. The molecular formula is C22H22N6O3. The predicted molar refractivity (Wildman–Crippen MR) is 114 cm³/mol. The van der Waals surface area contributed by atoms with E-state index in [-0.39, 0.29) is 12.1 Å². The van der Waals surface area contributed by atoms with Crippen LogP contribution in [-0.4, -0.2) is 60.6 Å². The van der Waals surface area contributed by atoms with Crippen molar-refractivity contribution in [2.24, 2.45) is 0 Å². The highest BCUT2D eigenvalue weighted by Crippen LogP contribution is 2.36. The highest BCUT2D eigenvalue weighted by atomic mass is 16.6. The van der Waals surface area contributed by atoms with Gasteiger partial charge < -0.3 is 19.9 Å². The van der Waals surface area contributed by atoms with Crippen LogP contribution >= 0.6 is 0 Å². The Balaban J connectivity index is 1.41. The Morgan fingerprint density at radius 2 is 1.97 bits per heavy atom. The summed E-state index contributed by atoms with van der Waals surface area (Å²) in [6.07, 6.45) is 6.58. The van der Waals surface area contributed by atoms with Gasteiger partial charge in [0, 0.05) is 30.2 Å². The normalized spacial score (nSPS) is 23.5. The van der Waals surface area contributed by atoms with Gasteiger partial charge in [0.25, 0.3) is 0 Å². The van der Waals surface area contributed by atoms with E-state index in [4.69, 9.17) is 9.47 Å². The van der Waals surface area contributed by atoms with Crippen molar-refractivity contribution in [3.63, 3.8) is 0 Å². The van der Waals surface area contributed by atoms with Crippen molar-refractivity contribution in [1.29, 1.82) is 0 Å². The van der Waals surface area contributed by atoms with E-state index in [1.54, 1.807) is 16.9 Å². The summed E-state index contributed by atoms with van der Waals surface area (Å²) in [7, 11) is 0. The molecular weight excluding hydrogens is 396 g/mol. The van der Waals surface area contributed by atoms with Crippen LogP contribution in [0.15, 0.2) is 42.9 Å². The molecule has 0 unspecified atom stereocenters. The molecule has 4 aromatic rings. The summed E-state index contributed by atoms with van der Waals surface area (Å²) in [6, 6.07) is 8.13. The lowest BCUT2D eigenvalue weighted by molar-refractivity contribution is -0.0808. The monoisotopic (exact) mass is 418 g/mol. The average Bonchev–Trinajstić information content (AvgIpc) is 3.13. The maximum absolute atomic E-state index is 10.0. The van der Waals surface area contributed by atoms with Gasteiger partial charge in [-0.25, -0.2) is 4.52 Å². The van der Waals surface area contributed by atoms with E-state index in [0.717, 1.165) is 27.7 Å². The minimum Gasteiger partial charge on any atom is -0.468 e. The number of nitrogens with one attached hydrogen (secondary N) is 1. The molecule has 2 N–H and O–H groups in total. The van der Waals surface area contributed by atoms with Crippen molar-refractivity contribution in [2.45, 2.75) is 37.5 Å². The summed E-state index contributed by atoms with van der Waals surface area (Å²) in [5.74, 6) is 0.992. The molecule has 4 heterocycles. The zero-order valence-electron chi connectivity index (χ0n) is 17.0. The zero-order chi connectivity index (χ0) is 21.0. The third-order valence-corrected chi connectivity index (χ3v) is 5.85. The molecule has 2 fully saturated rings. The fourth-order valence-corrected chi connectivity index (χ4v) is 4.23. The molecule has 3 aromatic heterocycles. The van der Waals surface area contributed by atoms with Gasteiger partial charge in [0.15, 0.2) is 0 Å². The van der Waals surface area contributed by atoms with Crippen LogP contribution in [0.1, 0.15) is 19.8 Å². The first-order chi connectivity index (χ1) is 15.0. The molecule has 0 spiro atoms. The van der Waals surface area contributed by atoms with Gasteiger partial charge in [-0.2, -0.15) is 4.98 Å². The second kappa shape index (κ2) is 6.86. The molecule has 158 valence electrons. The number of rotatable bonds is 5. The lowest BCUT2D eigenvalue weighted by Gasteiger charge is -2.41. The average molecular weight is 418 g/mol. The third-order valence-electron chi connectivity index (χ3n) is 5.85. The highest BCUT2D eigenvalue weighted by molar-refractivity contribution is 5.89. The summed E-state index contributed by atoms with van der Waals surface area (Å²) in [6.45, 7) is 2.94. The molecule has 0 bridgehead atoms. The van der Waals surface area contributed by atoms with Crippen LogP contribution in [0.5, 0.6) is 5.88 Å². The van der Waals surface area contributed by atoms with Crippen molar-refractivity contribution in [3.05, 3.63) is 42.9 Å². The van der Waals surface area contributed by atoms with Crippen LogP contribution in [0, 0.1) is 0 Å². The molecule has 1 saturated heterocycles. The van der Waals surface area contributed by atoms with Crippen LogP contribution < -0.4 is 10.1 Å². The number of anilines is 1. The van der Waals surface area contributed by atoms with Crippen molar-refractivity contribution < 1.29 is 14.6 Å². The van der Waals surface area contributed by atoms with Gasteiger partial charge in [0.2, 0.25) is 11.8 Å². The largest absolute Gasteiger partial charge is 0.468 e. The van der Waals surface area contributed by atoms with E-state index in [9.17, 15) is 5.11 Å². The van der Waals surface area contributed by atoms with E-state index in [1.807, 2.05) is 37.4 Å². The van der Waals surface area contributed by atoms with Gasteiger partial charge in [-0.3, -0.25) is 9.97 Å². The van der Waals surface area contributed by atoms with Crippen molar-refractivity contribution in [1.82, 2.24) is 24.6 Å². The summed E-state index contributed by atoms with van der Waals surface area (Å²) in [5, 5.41) is 18.0. The lowest BCUT2D eigenvalue weighted by Crippen LogP contribution is -2.48. The Morgan fingerprint density at radius 3 is 2.71 bits per heavy atom. The van der Waals surface area contributed by atoms with Gasteiger partial charge in [-0.1, -0.05) is 6.07 Å². The molecule has 9 heteroatoms. The summed E-state index contributed by atoms with van der Waals surface area (Å²) < 4.78 is 13.2. The van der Waals surface area contributed by atoms with Crippen LogP contribution in [0.2, 0.25) is 0 Å². The lowest BCUT2D eigenvalue weighted by atomic mass is 9.77. The van der Waals surface area contributed by atoms with Crippen LogP contribution in [-0.2, 0) is 4.74 Å². The minimum absolute atomic E-state index is 0.0267. The van der Waals surface area contributed by atoms with E-state index in [1.165, 1.54) is 0 Å². The summed E-state index contributed by atoms with van der Waals surface area (Å²) >= 11 is 0. The number of nitrogens with zero attached hydrogens (tertiary/aromatic N) is 5. The maximum Gasteiger partial charge on any atom is 0.244 e. The number of hydrogen-bond acceptors (Lipinski definition) is 8.